The zero-order chi connectivity index (χ0) is 13.6. The number of rotatable bonds is 6. The molecule has 1 aliphatic heterocycles. The molecule has 5 heteroatoms. The van der Waals surface area contributed by atoms with Crippen molar-refractivity contribution >= 4 is 6.03 Å². The molecular weight excluding hydrogens is 232 g/mol. The van der Waals surface area contributed by atoms with Crippen LogP contribution in [0.2, 0.25) is 0 Å². The summed E-state index contributed by atoms with van der Waals surface area (Å²) < 4.78 is 5.25. The lowest BCUT2D eigenvalue weighted by molar-refractivity contribution is 0.128. The third-order valence-corrected chi connectivity index (χ3v) is 3.15. The summed E-state index contributed by atoms with van der Waals surface area (Å²) >= 11 is 0. The molecule has 0 aliphatic carbocycles. The number of ether oxygens (including phenoxy) is 1. The Kier molecular flexibility index (Phi) is 5.88. The van der Waals surface area contributed by atoms with Crippen LogP contribution in [0.5, 0.6) is 0 Å². The van der Waals surface area contributed by atoms with E-state index in [1.807, 2.05) is 13.8 Å². The van der Waals surface area contributed by atoms with E-state index < -0.39 is 0 Å². The minimum atomic E-state index is -0.347. The number of hydrogen-bond donors (Lipinski definition) is 3. The zero-order valence-corrected chi connectivity index (χ0v) is 11.7. The fourth-order valence-corrected chi connectivity index (χ4v) is 2.24. The number of amides is 2. The molecule has 5 nitrogen and oxygen atoms in total. The van der Waals surface area contributed by atoms with Crippen molar-refractivity contribution in [3.05, 3.63) is 0 Å². The first kappa shape index (κ1) is 15.2. The van der Waals surface area contributed by atoms with Gasteiger partial charge in [0.2, 0.25) is 0 Å². The van der Waals surface area contributed by atoms with E-state index in [4.69, 9.17) is 4.74 Å². The first-order valence-electron chi connectivity index (χ1n) is 6.66. The van der Waals surface area contributed by atoms with Crippen molar-refractivity contribution in [2.24, 2.45) is 11.3 Å². The minimum absolute atomic E-state index is 0.0953. The predicted molar refractivity (Wildman–Crippen MR) is 70.4 cm³/mol. The molecule has 0 radical (unpaired) electrons. The molecule has 2 atom stereocenters. The van der Waals surface area contributed by atoms with Gasteiger partial charge in [0.15, 0.2) is 0 Å². The molecule has 0 aromatic heterocycles. The van der Waals surface area contributed by atoms with Crippen LogP contribution in [-0.2, 0) is 4.74 Å². The number of urea groups is 1. The van der Waals surface area contributed by atoms with E-state index in [0.717, 1.165) is 19.6 Å². The molecule has 0 aromatic rings. The van der Waals surface area contributed by atoms with Gasteiger partial charge in [-0.3, -0.25) is 0 Å². The van der Waals surface area contributed by atoms with Crippen LogP contribution in [0.25, 0.3) is 0 Å². The topological polar surface area (TPSA) is 70.6 Å². The maximum Gasteiger partial charge on any atom is 0.314 e. The molecule has 18 heavy (non-hydrogen) atoms. The largest absolute Gasteiger partial charge is 0.393 e. The van der Waals surface area contributed by atoms with Crippen LogP contribution in [0, 0.1) is 11.3 Å². The summed E-state index contributed by atoms with van der Waals surface area (Å²) in [7, 11) is 0. The Hall–Kier alpha value is -0.810. The first-order chi connectivity index (χ1) is 8.39. The Morgan fingerprint density at radius 3 is 2.78 bits per heavy atom. The molecule has 0 saturated carbocycles. The highest BCUT2D eigenvalue weighted by Gasteiger charge is 2.21. The number of aliphatic hydroxyl groups excluding tert-OH is 1. The molecule has 3 N–H and O–H groups in total. The molecule has 1 heterocycles. The summed E-state index contributed by atoms with van der Waals surface area (Å²) in [5.74, 6) is 0.446. The first-order valence-corrected chi connectivity index (χ1v) is 6.66. The maximum absolute atomic E-state index is 11.6. The van der Waals surface area contributed by atoms with E-state index in [-0.39, 0.29) is 17.6 Å². The van der Waals surface area contributed by atoms with Crippen LogP contribution >= 0.6 is 0 Å². The molecule has 1 aliphatic rings. The van der Waals surface area contributed by atoms with Crippen molar-refractivity contribution in [2.45, 2.75) is 39.7 Å². The summed E-state index contributed by atoms with van der Waals surface area (Å²) in [5.41, 5.74) is -0.0953. The van der Waals surface area contributed by atoms with Gasteiger partial charge in [-0.15, -0.1) is 0 Å². The molecule has 0 aromatic carbocycles. The molecule has 0 bridgehead atoms. The number of aliphatic hydroxyl groups is 1. The second kappa shape index (κ2) is 6.95. The number of nitrogens with one attached hydrogen (secondary N) is 2. The maximum atomic E-state index is 11.6. The molecule has 1 saturated heterocycles. The minimum Gasteiger partial charge on any atom is -0.393 e. The molecule has 1 rings (SSSR count). The quantitative estimate of drug-likeness (QED) is 0.668. The van der Waals surface area contributed by atoms with Gasteiger partial charge in [0, 0.05) is 25.6 Å². The van der Waals surface area contributed by atoms with Crippen LogP contribution in [0.1, 0.15) is 33.6 Å². The molecule has 1 fully saturated rings. The SMILES string of the molecule is CC(O)CC(C)(C)CNC(=O)NCC1CCOC1. The van der Waals surface area contributed by atoms with E-state index in [0.29, 0.717) is 25.4 Å². The van der Waals surface area contributed by atoms with Crippen molar-refractivity contribution in [3.8, 4) is 0 Å². The highest BCUT2D eigenvalue weighted by Crippen LogP contribution is 2.20. The highest BCUT2D eigenvalue weighted by molar-refractivity contribution is 5.73. The van der Waals surface area contributed by atoms with Crippen LogP contribution < -0.4 is 10.6 Å². The van der Waals surface area contributed by atoms with Gasteiger partial charge in [-0.25, -0.2) is 4.79 Å². The van der Waals surface area contributed by atoms with Crippen LogP contribution in [-0.4, -0.2) is 43.5 Å². The molecule has 0 spiro atoms. The Labute approximate surface area is 109 Å². The van der Waals surface area contributed by atoms with Crippen molar-refractivity contribution < 1.29 is 14.6 Å². The lowest BCUT2D eigenvalue weighted by atomic mass is 9.87. The van der Waals surface area contributed by atoms with Crippen molar-refractivity contribution in [1.82, 2.24) is 10.6 Å². The normalized spacial score (nSPS) is 21.7. The lowest BCUT2D eigenvalue weighted by Crippen LogP contribution is -2.43. The van der Waals surface area contributed by atoms with Crippen molar-refractivity contribution in [1.29, 1.82) is 0 Å². The number of carbonyl (C=O) groups excluding carboxylic acids is 1. The van der Waals surface area contributed by atoms with E-state index in [1.165, 1.54) is 0 Å². The smallest absolute Gasteiger partial charge is 0.314 e. The zero-order valence-electron chi connectivity index (χ0n) is 11.7. The fourth-order valence-electron chi connectivity index (χ4n) is 2.24. The van der Waals surface area contributed by atoms with E-state index in [9.17, 15) is 9.90 Å². The highest BCUT2D eigenvalue weighted by atomic mass is 16.5. The van der Waals surface area contributed by atoms with E-state index >= 15 is 0 Å². The number of carbonyl (C=O) groups is 1. The second-order valence-corrected chi connectivity index (χ2v) is 6.01. The van der Waals surface area contributed by atoms with Gasteiger partial charge in [-0.1, -0.05) is 13.8 Å². The number of hydrogen-bond acceptors (Lipinski definition) is 3. The molecule has 2 unspecified atom stereocenters. The second-order valence-electron chi connectivity index (χ2n) is 6.01. The Morgan fingerprint density at radius 1 is 1.50 bits per heavy atom. The van der Waals surface area contributed by atoms with E-state index in [1.54, 1.807) is 6.92 Å². The predicted octanol–water partition coefficient (Wildman–Crippen LogP) is 1.12. The third-order valence-electron chi connectivity index (χ3n) is 3.15. The van der Waals surface area contributed by atoms with Gasteiger partial charge in [0.05, 0.1) is 12.7 Å². The molecular formula is C13H26N2O3. The standard InChI is InChI=1S/C13H26N2O3/c1-10(16)6-13(2,3)9-15-12(17)14-7-11-4-5-18-8-11/h10-11,16H,4-9H2,1-3H3,(H2,14,15,17). The van der Waals surface area contributed by atoms with Gasteiger partial charge in [-0.05, 0) is 25.2 Å². The summed E-state index contributed by atoms with van der Waals surface area (Å²) in [6.45, 7) is 8.61. The van der Waals surface area contributed by atoms with Gasteiger partial charge >= 0.3 is 6.03 Å². The molecule has 106 valence electrons. The van der Waals surface area contributed by atoms with Crippen molar-refractivity contribution in [3.63, 3.8) is 0 Å². The van der Waals surface area contributed by atoms with Crippen molar-refractivity contribution in [2.75, 3.05) is 26.3 Å². The van der Waals surface area contributed by atoms with Crippen LogP contribution in [0.15, 0.2) is 0 Å². The summed E-state index contributed by atoms with van der Waals surface area (Å²) in [4.78, 5) is 11.6. The Morgan fingerprint density at radius 2 is 2.22 bits per heavy atom. The van der Waals surface area contributed by atoms with Crippen LogP contribution in [0.3, 0.4) is 0 Å². The monoisotopic (exact) mass is 258 g/mol. The average Bonchev–Trinajstić information content (AvgIpc) is 2.74. The van der Waals surface area contributed by atoms with Gasteiger partial charge in [0.1, 0.15) is 0 Å². The molecule has 2 amide bonds. The van der Waals surface area contributed by atoms with Gasteiger partial charge in [0.25, 0.3) is 0 Å². The summed E-state index contributed by atoms with van der Waals surface area (Å²) in [6.07, 6.45) is 1.35. The average molecular weight is 258 g/mol. The van der Waals surface area contributed by atoms with Gasteiger partial charge < -0.3 is 20.5 Å². The third kappa shape index (κ3) is 6.21. The van der Waals surface area contributed by atoms with E-state index in [2.05, 4.69) is 10.6 Å². The summed E-state index contributed by atoms with van der Waals surface area (Å²) in [5, 5.41) is 15.1. The lowest BCUT2D eigenvalue weighted by Gasteiger charge is -2.26. The Bertz CT molecular complexity index is 261. The summed E-state index contributed by atoms with van der Waals surface area (Å²) in [6, 6.07) is -0.138. The fraction of sp³-hybridized carbons (Fsp3) is 0.923. The van der Waals surface area contributed by atoms with Crippen LogP contribution in [0.4, 0.5) is 4.79 Å². The Balaban J connectivity index is 2.15. The van der Waals surface area contributed by atoms with Gasteiger partial charge in [-0.2, -0.15) is 0 Å².